The third-order valence-corrected chi connectivity index (χ3v) is 9.46. The number of fused-ring (bicyclic) bond motifs is 1. The van der Waals surface area contributed by atoms with Gasteiger partial charge in [0.2, 0.25) is 0 Å². The van der Waals surface area contributed by atoms with Crippen LogP contribution in [0.1, 0.15) is 56.6 Å². The summed E-state index contributed by atoms with van der Waals surface area (Å²) in [7, 11) is 0. The van der Waals surface area contributed by atoms with Crippen molar-refractivity contribution in [3.05, 3.63) is 53.3 Å². The lowest BCUT2D eigenvalue weighted by atomic mass is 9.75. The SMILES string of the molecule is CCOc1cc(C(F)(F)F)cc2c1OCN(C(=O)[C@@]1(C3CC3)CCC(C3[C@H](C(=O)O)CCCN3c3ccc(F)cc3)CO1)C2. The van der Waals surface area contributed by atoms with Crippen LogP contribution >= 0.6 is 0 Å². The Hall–Kier alpha value is -3.54. The monoisotopic (exact) mass is 620 g/mol. The van der Waals surface area contributed by atoms with Gasteiger partial charge in [-0.3, -0.25) is 9.59 Å². The summed E-state index contributed by atoms with van der Waals surface area (Å²) >= 11 is 0. The van der Waals surface area contributed by atoms with E-state index in [1.807, 2.05) is 4.90 Å². The number of hydrogen-bond acceptors (Lipinski definition) is 6. The molecule has 2 aromatic rings. The first-order chi connectivity index (χ1) is 21.0. The summed E-state index contributed by atoms with van der Waals surface area (Å²) in [5.41, 5.74) is -1.08. The maximum absolute atomic E-state index is 14.2. The Labute approximate surface area is 252 Å². The molecular formula is C32H36F4N2O6. The molecule has 0 aromatic heterocycles. The largest absolute Gasteiger partial charge is 0.490 e. The Bertz CT molecular complexity index is 1390. The van der Waals surface area contributed by atoms with Crippen LogP contribution in [-0.4, -0.2) is 60.0 Å². The average Bonchev–Trinajstić information content (AvgIpc) is 3.86. The van der Waals surface area contributed by atoms with Crippen LogP contribution in [0.5, 0.6) is 11.5 Å². The van der Waals surface area contributed by atoms with Crippen molar-refractivity contribution in [2.75, 3.05) is 31.4 Å². The minimum atomic E-state index is -4.60. The molecule has 4 atom stereocenters. The van der Waals surface area contributed by atoms with Crippen LogP contribution in [0.4, 0.5) is 23.2 Å². The lowest BCUT2D eigenvalue weighted by molar-refractivity contribution is -0.180. The van der Waals surface area contributed by atoms with Gasteiger partial charge in [0.1, 0.15) is 11.4 Å². The number of halogens is 4. The van der Waals surface area contributed by atoms with Crippen molar-refractivity contribution in [3.63, 3.8) is 0 Å². The molecule has 3 aliphatic heterocycles. The average molecular weight is 621 g/mol. The van der Waals surface area contributed by atoms with E-state index in [1.54, 1.807) is 19.1 Å². The number of alkyl halides is 3. The molecule has 238 valence electrons. The van der Waals surface area contributed by atoms with Crippen molar-refractivity contribution in [1.29, 1.82) is 0 Å². The normalized spacial score (nSPS) is 27.3. The predicted molar refractivity (Wildman–Crippen MR) is 151 cm³/mol. The number of nitrogens with zero attached hydrogens (tertiary/aromatic N) is 2. The van der Waals surface area contributed by atoms with Gasteiger partial charge in [0.05, 0.1) is 31.2 Å². The number of aliphatic carboxylic acids is 1. The first kappa shape index (κ1) is 30.5. The number of ether oxygens (including phenoxy) is 3. The molecule has 2 saturated heterocycles. The maximum atomic E-state index is 14.2. The van der Waals surface area contributed by atoms with Crippen LogP contribution in [-0.2, 0) is 27.0 Å². The molecule has 0 spiro atoms. The summed E-state index contributed by atoms with van der Waals surface area (Å²) in [6.07, 6.45) is -0.938. The number of carboxylic acid groups (broad SMARTS) is 1. The summed E-state index contributed by atoms with van der Waals surface area (Å²) in [6, 6.07) is 7.55. The third-order valence-electron chi connectivity index (χ3n) is 9.46. The highest BCUT2D eigenvalue weighted by Crippen LogP contribution is 2.51. The molecule has 8 nitrogen and oxygen atoms in total. The summed E-state index contributed by atoms with van der Waals surface area (Å²) < 4.78 is 72.5. The Balaban J connectivity index is 1.23. The molecule has 0 bridgehead atoms. The second-order valence-corrected chi connectivity index (χ2v) is 12.2. The Morgan fingerprint density at radius 3 is 2.48 bits per heavy atom. The van der Waals surface area contributed by atoms with E-state index in [0.29, 0.717) is 32.2 Å². The van der Waals surface area contributed by atoms with Crippen LogP contribution in [0.25, 0.3) is 0 Å². The van der Waals surface area contributed by atoms with Crippen LogP contribution in [0, 0.1) is 23.6 Å². The second kappa shape index (κ2) is 11.8. The summed E-state index contributed by atoms with van der Waals surface area (Å²) in [4.78, 5) is 30.0. The molecule has 6 rings (SSSR count). The van der Waals surface area contributed by atoms with Gasteiger partial charge in [-0.25, -0.2) is 4.39 Å². The fraction of sp³-hybridized carbons (Fsp3) is 0.562. The van der Waals surface area contributed by atoms with E-state index in [9.17, 15) is 32.3 Å². The second-order valence-electron chi connectivity index (χ2n) is 12.2. The number of benzene rings is 2. The zero-order valence-electron chi connectivity index (χ0n) is 24.4. The summed E-state index contributed by atoms with van der Waals surface area (Å²) in [6.45, 7) is 2.37. The molecule has 4 aliphatic rings. The topological polar surface area (TPSA) is 88.5 Å². The smallest absolute Gasteiger partial charge is 0.416 e. The number of carbonyl (C=O) groups is 2. The molecule has 1 aliphatic carbocycles. The minimum Gasteiger partial charge on any atom is -0.490 e. The lowest BCUT2D eigenvalue weighted by Gasteiger charge is -2.49. The van der Waals surface area contributed by atoms with Crippen LogP contribution in [0.2, 0.25) is 0 Å². The number of anilines is 1. The van der Waals surface area contributed by atoms with E-state index in [4.69, 9.17) is 14.2 Å². The molecule has 3 heterocycles. The lowest BCUT2D eigenvalue weighted by Crippen LogP contribution is -2.60. The number of rotatable bonds is 7. The van der Waals surface area contributed by atoms with E-state index in [2.05, 4.69) is 0 Å². The van der Waals surface area contributed by atoms with Gasteiger partial charge in [-0.1, -0.05) is 0 Å². The maximum Gasteiger partial charge on any atom is 0.416 e. The van der Waals surface area contributed by atoms with Gasteiger partial charge in [0.15, 0.2) is 18.2 Å². The Morgan fingerprint density at radius 2 is 1.86 bits per heavy atom. The highest BCUT2D eigenvalue weighted by Gasteiger charge is 2.57. The molecule has 0 radical (unpaired) electrons. The van der Waals surface area contributed by atoms with Gasteiger partial charge < -0.3 is 29.1 Å². The van der Waals surface area contributed by atoms with Gasteiger partial charge in [-0.2, -0.15) is 13.2 Å². The number of carbonyl (C=O) groups excluding carboxylic acids is 1. The van der Waals surface area contributed by atoms with Crippen LogP contribution < -0.4 is 14.4 Å². The quantitative estimate of drug-likeness (QED) is 0.388. The molecule has 1 N–H and O–H groups in total. The van der Waals surface area contributed by atoms with Gasteiger partial charge in [-0.15, -0.1) is 0 Å². The van der Waals surface area contributed by atoms with Gasteiger partial charge >= 0.3 is 12.1 Å². The summed E-state index contributed by atoms with van der Waals surface area (Å²) in [5, 5.41) is 10.1. The van der Waals surface area contributed by atoms with E-state index in [1.165, 1.54) is 17.0 Å². The van der Waals surface area contributed by atoms with E-state index in [0.717, 1.165) is 30.7 Å². The van der Waals surface area contributed by atoms with E-state index >= 15 is 0 Å². The van der Waals surface area contributed by atoms with Crippen molar-refractivity contribution < 1.29 is 46.5 Å². The van der Waals surface area contributed by atoms with E-state index < -0.39 is 35.3 Å². The molecule has 12 heteroatoms. The van der Waals surface area contributed by atoms with Crippen LogP contribution in [0.15, 0.2) is 36.4 Å². The number of hydrogen-bond donors (Lipinski definition) is 1. The Kier molecular flexibility index (Phi) is 8.15. The van der Waals surface area contributed by atoms with E-state index in [-0.39, 0.29) is 67.1 Å². The summed E-state index contributed by atoms with van der Waals surface area (Å²) in [5.74, 6) is -2.29. The highest BCUT2D eigenvalue weighted by molar-refractivity contribution is 5.86. The zero-order valence-corrected chi connectivity index (χ0v) is 24.4. The van der Waals surface area contributed by atoms with Crippen LogP contribution in [0.3, 0.4) is 0 Å². The number of carboxylic acids is 1. The third kappa shape index (κ3) is 5.68. The molecule has 44 heavy (non-hydrogen) atoms. The predicted octanol–water partition coefficient (Wildman–Crippen LogP) is 5.87. The highest BCUT2D eigenvalue weighted by atomic mass is 19.4. The Morgan fingerprint density at radius 1 is 1.11 bits per heavy atom. The molecular weight excluding hydrogens is 584 g/mol. The van der Waals surface area contributed by atoms with Gasteiger partial charge in [0, 0.05) is 29.8 Å². The van der Waals surface area contributed by atoms with Gasteiger partial charge in [0.25, 0.3) is 5.91 Å². The molecule has 1 amide bonds. The minimum absolute atomic E-state index is 0.00994. The molecule has 3 fully saturated rings. The first-order valence-corrected chi connectivity index (χ1v) is 15.2. The van der Waals surface area contributed by atoms with Crippen molar-refractivity contribution in [2.24, 2.45) is 17.8 Å². The molecule has 1 saturated carbocycles. The molecule has 2 unspecified atom stereocenters. The molecule has 2 aromatic carbocycles. The van der Waals surface area contributed by atoms with Gasteiger partial charge in [-0.05, 0) is 87.8 Å². The number of piperidine rings is 1. The fourth-order valence-electron chi connectivity index (χ4n) is 7.26. The fourth-order valence-corrected chi connectivity index (χ4v) is 7.26. The van der Waals surface area contributed by atoms with Crippen molar-refractivity contribution in [2.45, 2.75) is 69.8 Å². The van der Waals surface area contributed by atoms with Crippen molar-refractivity contribution in [3.8, 4) is 11.5 Å². The number of amides is 1. The van der Waals surface area contributed by atoms with Crippen molar-refractivity contribution in [1.82, 2.24) is 4.90 Å². The van der Waals surface area contributed by atoms with Crippen molar-refractivity contribution >= 4 is 17.6 Å². The zero-order chi connectivity index (χ0) is 31.2. The first-order valence-electron chi connectivity index (χ1n) is 15.2. The standard InChI is InChI=1S/C32H36F4N2O6/c1-2-42-26-15-22(32(34,35)36)14-20-16-37(18-43-28(20)26)30(41)31(21-5-6-21)12-11-19(17-44-31)27-25(29(39)40)4-3-13-38(27)24-9-7-23(33)8-10-24/h7-10,14-15,19,21,25,27H,2-6,11-13,16-18H2,1H3,(H,39,40)/t19?,25-,27?,31+/m1/s1.